The third-order valence-corrected chi connectivity index (χ3v) is 11.4. The van der Waals surface area contributed by atoms with Crippen molar-refractivity contribution >= 4 is 50.9 Å². The molecule has 3 fully saturated rings. The van der Waals surface area contributed by atoms with Crippen LogP contribution in [0.2, 0.25) is 0 Å². The first-order valence-electron chi connectivity index (χ1n) is 16.8. The number of allylic oxidation sites excluding steroid dienone is 2. The SMILES string of the molecule is COc1cc(Br)cc(C2C3=CCC4C(=O)N(c5cc(C(F)(F)F)cc(C(F)(F)F)c5)C(=O)C4C3CC3C(=O)N(c4cc(C(F)(F)F)cc(C(F)(F)F)c4)C(=O)C32)c1O. The molecule has 1 saturated carbocycles. The monoisotopic (exact) mass is 898 g/mol. The Bertz CT molecular complexity index is 2250. The van der Waals surface area contributed by atoms with Crippen molar-refractivity contribution < 1.29 is 81.7 Å². The zero-order chi connectivity index (χ0) is 42.8. The van der Waals surface area contributed by atoms with Crippen LogP contribution in [0.3, 0.4) is 0 Å². The van der Waals surface area contributed by atoms with Gasteiger partial charge in [0.1, 0.15) is 0 Å². The summed E-state index contributed by atoms with van der Waals surface area (Å²) in [6, 6.07) is 2.85. The number of nitrogens with zero attached hydrogens (tertiary/aromatic N) is 2. The van der Waals surface area contributed by atoms with Gasteiger partial charge >= 0.3 is 24.7 Å². The van der Waals surface area contributed by atoms with E-state index in [1.165, 1.54) is 18.2 Å². The van der Waals surface area contributed by atoms with Crippen molar-refractivity contribution in [2.24, 2.45) is 29.6 Å². The van der Waals surface area contributed by atoms with Gasteiger partial charge in [-0.25, -0.2) is 9.80 Å². The van der Waals surface area contributed by atoms with Crippen molar-refractivity contribution in [2.75, 3.05) is 16.9 Å². The van der Waals surface area contributed by atoms with Crippen LogP contribution >= 0.6 is 15.9 Å². The highest BCUT2D eigenvalue weighted by Gasteiger charge is 2.63. The Morgan fingerprint density at radius 2 is 1.03 bits per heavy atom. The van der Waals surface area contributed by atoms with E-state index in [0.29, 0.717) is 0 Å². The highest BCUT2D eigenvalue weighted by Crippen LogP contribution is 2.60. The fourth-order valence-electron chi connectivity index (χ4n) is 8.57. The number of hydrogen-bond acceptors (Lipinski definition) is 6. The van der Waals surface area contributed by atoms with Crippen LogP contribution in [0.5, 0.6) is 11.5 Å². The van der Waals surface area contributed by atoms with Crippen LogP contribution in [0.4, 0.5) is 64.1 Å². The van der Waals surface area contributed by atoms with Crippen LogP contribution < -0.4 is 14.5 Å². The quantitative estimate of drug-likeness (QED) is 0.159. The molecule has 308 valence electrons. The Balaban J connectivity index is 1.38. The molecule has 0 aromatic heterocycles. The molecule has 3 aromatic rings. The second-order valence-electron chi connectivity index (χ2n) is 14.1. The van der Waals surface area contributed by atoms with E-state index in [1.807, 2.05) is 0 Å². The number of fused-ring (bicyclic) bond motifs is 4. The molecular weight excluding hydrogens is 876 g/mol. The summed E-state index contributed by atoms with van der Waals surface area (Å²) in [6.45, 7) is 0. The molecule has 0 bridgehead atoms. The van der Waals surface area contributed by atoms with Gasteiger partial charge < -0.3 is 9.84 Å². The number of alkyl halides is 12. The van der Waals surface area contributed by atoms with Crippen molar-refractivity contribution in [3.05, 3.63) is 92.5 Å². The Morgan fingerprint density at radius 1 is 0.603 bits per heavy atom. The molecule has 2 aliphatic heterocycles. The molecule has 4 amide bonds. The van der Waals surface area contributed by atoms with Gasteiger partial charge in [-0.3, -0.25) is 19.2 Å². The molecule has 21 heteroatoms. The minimum Gasteiger partial charge on any atom is -0.504 e. The lowest BCUT2D eigenvalue weighted by Crippen LogP contribution is -2.43. The first-order chi connectivity index (χ1) is 26.7. The minimum absolute atomic E-state index is 0.0870. The van der Waals surface area contributed by atoms with Gasteiger partial charge in [0.2, 0.25) is 23.6 Å². The summed E-state index contributed by atoms with van der Waals surface area (Å²) < 4.78 is 171. The molecule has 0 spiro atoms. The van der Waals surface area contributed by atoms with Gasteiger partial charge in [-0.15, -0.1) is 0 Å². The van der Waals surface area contributed by atoms with Gasteiger partial charge in [0.05, 0.1) is 64.4 Å². The van der Waals surface area contributed by atoms with Crippen LogP contribution in [0.1, 0.15) is 46.6 Å². The maximum absolute atomic E-state index is 14.4. The number of rotatable bonds is 4. The molecule has 2 heterocycles. The number of carbonyl (C=O) groups is 4. The molecule has 6 atom stereocenters. The van der Waals surface area contributed by atoms with E-state index in [2.05, 4.69) is 15.9 Å². The van der Waals surface area contributed by atoms with Gasteiger partial charge in [0.15, 0.2) is 11.5 Å². The number of methoxy groups -OCH3 is 1. The van der Waals surface area contributed by atoms with Crippen molar-refractivity contribution in [3.8, 4) is 11.5 Å². The highest BCUT2D eigenvalue weighted by atomic mass is 79.9. The van der Waals surface area contributed by atoms with E-state index in [9.17, 15) is 77.0 Å². The van der Waals surface area contributed by atoms with E-state index in [0.717, 1.165) is 7.11 Å². The average Bonchev–Trinajstić information content (AvgIpc) is 3.53. The molecule has 3 aromatic carbocycles. The van der Waals surface area contributed by atoms with Crippen LogP contribution in [-0.4, -0.2) is 35.8 Å². The maximum atomic E-state index is 14.4. The maximum Gasteiger partial charge on any atom is 0.416 e. The molecule has 58 heavy (non-hydrogen) atoms. The van der Waals surface area contributed by atoms with E-state index in [1.54, 1.807) is 0 Å². The molecular formula is C37H23BrF12N2O6. The number of benzene rings is 3. The van der Waals surface area contributed by atoms with Gasteiger partial charge in [0, 0.05) is 16.0 Å². The number of carbonyl (C=O) groups excluding carboxylic acids is 4. The molecule has 1 N–H and O–H groups in total. The Hall–Kier alpha value is -5.08. The number of phenols is 1. The molecule has 8 nitrogen and oxygen atoms in total. The molecule has 7 rings (SSSR count). The average molecular weight is 899 g/mol. The highest BCUT2D eigenvalue weighted by molar-refractivity contribution is 9.10. The van der Waals surface area contributed by atoms with Crippen molar-refractivity contribution in [1.29, 1.82) is 0 Å². The van der Waals surface area contributed by atoms with E-state index in [-0.39, 0.29) is 67.6 Å². The van der Waals surface area contributed by atoms with Gasteiger partial charge in [-0.2, -0.15) is 52.7 Å². The summed E-state index contributed by atoms with van der Waals surface area (Å²) in [5.41, 5.74) is -9.60. The van der Waals surface area contributed by atoms with E-state index < -0.39 is 136 Å². The third kappa shape index (κ3) is 6.67. The Kier molecular flexibility index (Phi) is 9.55. The topological polar surface area (TPSA) is 104 Å². The largest absolute Gasteiger partial charge is 0.504 e. The fraction of sp³-hybridized carbons (Fsp3) is 0.351. The summed E-state index contributed by atoms with van der Waals surface area (Å²) in [4.78, 5) is 57.0. The number of amides is 4. The van der Waals surface area contributed by atoms with Crippen LogP contribution in [-0.2, 0) is 43.9 Å². The summed E-state index contributed by atoms with van der Waals surface area (Å²) in [5.74, 6) is -15.1. The number of ether oxygens (including phenoxy) is 1. The molecule has 0 radical (unpaired) electrons. The summed E-state index contributed by atoms with van der Waals surface area (Å²) in [7, 11) is 1.15. The lowest BCUT2D eigenvalue weighted by Gasteiger charge is -2.44. The van der Waals surface area contributed by atoms with Gasteiger partial charge in [-0.05, 0) is 67.3 Å². The van der Waals surface area contributed by atoms with Crippen molar-refractivity contribution in [1.82, 2.24) is 0 Å². The molecule has 2 saturated heterocycles. The molecule has 6 unspecified atom stereocenters. The summed E-state index contributed by atoms with van der Waals surface area (Å²) in [6.07, 6.45) is -21.1. The predicted octanol–water partition coefficient (Wildman–Crippen LogP) is 9.28. The van der Waals surface area contributed by atoms with Crippen LogP contribution in [0, 0.1) is 29.6 Å². The van der Waals surface area contributed by atoms with E-state index >= 15 is 0 Å². The second-order valence-corrected chi connectivity index (χ2v) is 15.0. The van der Waals surface area contributed by atoms with Crippen molar-refractivity contribution in [3.63, 3.8) is 0 Å². The van der Waals surface area contributed by atoms with Crippen LogP contribution in [0.15, 0.2) is 64.7 Å². The lowest BCUT2D eigenvalue weighted by molar-refractivity contribution is -0.144. The number of aromatic hydroxyl groups is 1. The number of anilines is 2. The van der Waals surface area contributed by atoms with Crippen molar-refractivity contribution in [2.45, 2.75) is 43.5 Å². The fourth-order valence-corrected chi connectivity index (χ4v) is 9.02. The first kappa shape index (κ1) is 41.1. The zero-order valence-electron chi connectivity index (χ0n) is 28.9. The predicted molar refractivity (Wildman–Crippen MR) is 178 cm³/mol. The third-order valence-electron chi connectivity index (χ3n) is 10.9. The molecule has 4 aliphatic rings. The number of imide groups is 2. The molecule has 2 aliphatic carbocycles. The second kappa shape index (κ2) is 13.5. The first-order valence-corrected chi connectivity index (χ1v) is 17.6. The Labute approximate surface area is 326 Å². The lowest BCUT2D eigenvalue weighted by atomic mass is 9.57. The number of halogens is 13. The van der Waals surface area contributed by atoms with Gasteiger partial charge in [0.25, 0.3) is 0 Å². The van der Waals surface area contributed by atoms with Gasteiger partial charge in [-0.1, -0.05) is 27.6 Å². The van der Waals surface area contributed by atoms with Crippen LogP contribution in [0.25, 0.3) is 0 Å². The Morgan fingerprint density at radius 3 is 1.47 bits per heavy atom. The summed E-state index contributed by atoms with van der Waals surface area (Å²) >= 11 is 3.23. The number of hydrogen-bond donors (Lipinski definition) is 1. The van der Waals surface area contributed by atoms with E-state index in [4.69, 9.17) is 4.74 Å². The summed E-state index contributed by atoms with van der Waals surface area (Å²) in [5, 5.41) is 11.4. The minimum atomic E-state index is -5.38. The standard InChI is InChI=1S/C37H23BrF12N2O6/c1-58-25-11-17(38)10-23(29(25)53)26-20-2-3-21-27(32(56)51(30(21)54)18-6-13(34(39,40)41)4-14(7-18)35(42,43)44)22(20)12-24-28(26)33(57)52(31(24)55)19-8-15(36(45,46)47)5-16(9-19)37(48,49)50/h2,4-11,21-22,24,26-28,53H,3,12H2,1H3. The zero-order valence-corrected chi connectivity index (χ0v) is 30.5. The normalized spacial score (nSPS) is 25.2. The number of phenolic OH excluding ortho intramolecular Hbond substituents is 1. The smallest absolute Gasteiger partial charge is 0.416 e.